The summed E-state index contributed by atoms with van der Waals surface area (Å²) in [5.41, 5.74) is 8.29. The van der Waals surface area contributed by atoms with Gasteiger partial charge in [-0.3, -0.25) is 4.40 Å². The van der Waals surface area contributed by atoms with Crippen molar-refractivity contribution in [1.82, 2.24) is 24.6 Å². The lowest BCUT2D eigenvalue weighted by molar-refractivity contribution is 0.866. The standard InChI is InChI=1S/C11H12N6S/c1-6-3-9-15-16-10(17(9)7(2)13-6)4-8-5-18-11(12)14-8/h3,5H,4H2,1-2H3,(H2,12,14). The highest BCUT2D eigenvalue weighted by atomic mass is 32.1. The fourth-order valence-electron chi connectivity index (χ4n) is 1.98. The summed E-state index contributed by atoms with van der Waals surface area (Å²) >= 11 is 1.43. The molecule has 0 unspecified atom stereocenters. The molecule has 0 spiro atoms. The SMILES string of the molecule is Cc1cc2nnc(Cc3csc(N)n3)n2c(C)n1. The van der Waals surface area contributed by atoms with Gasteiger partial charge in [-0.15, -0.1) is 21.5 Å². The number of nitrogens with two attached hydrogens (primary N) is 1. The third kappa shape index (κ3) is 1.82. The van der Waals surface area contributed by atoms with Gasteiger partial charge in [0, 0.05) is 17.1 Å². The van der Waals surface area contributed by atoms with Crippen LogP contribution in [0.5, 0.6) is 0 Å². The van der Waals surface area contributed by atoms with Crippen LogP contribution in [0.25, 0.3) is 5.65 Å². The van der Waals surface area contributed by atoms with Crippen molar-refractivity contribution in [1.29, 1.82) is 0 Å². The summed E-state index contributed by atoms with van der Waals surface area (Å²) < 4.78 is 1.95. The van der Waals surface area contributed by atoms with E-state index < -0.39 is 0 Å². The molecule has 92 valence electrons. The molecule has 0 amide bonds. The predicted octanol–water partition coefficient (Wildman–Crippen LogP) is 1.37. The van der Waals surface area contributed by atoms with Crippen LogP contribution in [0.2, 0.25) is 0 Å². The number of fused-ring (bicyclic) bond motifs is 1. The second-order valence-electron chi connectivity index (χ2n) is 4.11. The topological polar surface area (TPSA) is 82.0 Å². The monoisotopic (exact) mass is 260 g/mol. The summed E-state index contributed by atoms with van der Waals surface area (Å²) in [6.07, 6.45) is 0.612. The van der Waals surface area contributed by atoms with Gasteiger partial charge in [-0.25, -0.2) is 9.97 Å². The van der Waals surface area contributed by atoms with E-state index in [0.29, 0.717) is 11.6 Å². The molecule has 0 saturated carbocycles. The number of thiazole rings is 1. The van der Waals surface area contributed by atoms with Gasteiger partial charge < -0.3 is 5.73 Å². The van der Waals surface area contributed by atoms with E-state index in [-0.39, 0.29) is 0 Å². The first kappa shape index (κ1) is 11.1. The molecule has 3 heterocycles. The number of nitrogen functional groups attached to an aromatic ring is 1. The quantitative estimate of drug-likeness (QED) is 0.752. The third-order valence-electron chi connectivity index (χ3n) is 2.66. The van der Waals surface area contributed by atoms with Crippen LogP contribution in [0.1, 0.15) is 23.0 Å². The van der Waals surface area contributed by atoms with Gasteiger partial charge in [0.25, 0.3) is 0 Å². The summed E-state index contributed by atoms with van der Waals surface area (Å²) in [5.74, 6) is 1.72. The Labute approximate surface area is 108 Å². The van der Waals surface area contributed by atoms with Gasteiger partial charge in [-0.05, 0) is 13.8 Å². The average Bonchev–Trinajstić information content (AvgIpc) is 2.86. The normalized spacial score (nSPS) is 11.2. The second-order valence-corrected chi connectivity index (χ2v) is 5.00. The molecular formula is C11H12N6S. The zero-order valence-electron chi connectivity index (χ0n) is 10.1. The third-order valence-corrected chi connectivity index (χ3v) is 3.39. The van der Waals surface area contributed by atoms with Crippen LogP contribution in [0.4, 0.5) is 5.13 Å². The second kappa shape index (κ2) is 4.02. The van der Waals surface area contributed by atoms with Crippen molar-refractivity contribution in [2.45, 2.75) is 20.3 Å². The number of nitrogens with zero attached hydrogens (tertiary/aromatic N) is 5. The van der Waals surface area contributed by atoms with Crippen LogP contribution < -0.4 is 5.73 Å². The number of hydrogen-bond acceptors (Lipinski definition) is 6. The van der Waals surface area contributed by atoms with Crippen LogP contribution >= 0.6 is 11.3 Å². The Morgan fingerprint density at radius 2 is 2.11 bits per heavy atom. The molecule has 0 saturated heterocycles. The summed E-state index contributed by atoms with van der Waals surface area (Å²) in [4.78, 5) is 8.66. The fourth-order valence-corrected chi connectivity index (χ4v) is 2.54. The molecule has 0 atom stereocenters. The zero-order chi connectivity index (χ0) is 12.7. The van der Waals surface area contributed by atoms with E-state index in [1.165, 1.54) is 11.3 Å². The Kier molecular flexibility index (Phi) is 2.48. The first-order valence-electron chi connectivity index (χ1n) is 5.51. The van der Waals surface area contributed by atoms with Crippen molar-refractivity contribution in [2.75, 3.05) is 5.73 Å². The molecule has 0 radical (unpaired) electrons. The Bertz CT molecular complexity index is 713. The lowest BCUT2D eigenvalue weighted by atomic mass is 10.3. The molecule has 7 heteroatoms. The van der Waals surface area contributed by atoms with Gasteiger partial charge in [-0.2, -0.15) is 0 Å². The Hall–Kier alpha value is -2.02. The molecule has 0 fully saturated rings. The largest absolute Gasteiger partial charge is 0.375 e. The number of aromatic nitrogens is 5. The molecule has 0 aliphatic heterocycles. The minimum Gasteiger partial charge on any atom is -0.375 e. The van der Waals surface area contributed by atoms with Gasteiger partial charge in [-0.1, -0.05) is 0 Å². The highest BCUT2D eigenvalue weighted by Gasteiger charge is 2.11. The summed E-state index contributed by atoms with van der Waals surface area (Å²) in [6, 6.07) is 1.92. The maximum absolute atomic E-state index is 5.62. The molecule has 0 aliphatic rings. The van der Waals surface area contributed by atoms with E-state index in [1.807, 2.05) is 29.7 Å². The van der Waals surface area contributed by atoms with Crippen molar-refractivity contribution in [3.8, 4) is 0 Å². The van der Waals surface area contributed by atoms with E-state index in [4.69, 9.17) is 5.73 Å². The average molecular weight is 260 g/mol. The Morgan fingerprint density at radius 1 is 1.28 bits per heavy atom. The van der Waals surface area contributed by atoms with Gasteiger partial charge in [0.15, 0.2) is 10.8 Å². The van der Waals surface area contributed by atoms with E-state index in [9.17, 15) is 0 Å². The summed E-state index contributed by atoms with van der Waals surface area (Å²) in [7, 11) is 0. The molecule has 6 nitrogen and oxygen atoms in total. The van der Waals surface area contributed by atoms with Gasteiger partial charge in [0.05, 0.1) is 12.1 Å². The predicted molar refractivity (Wildman–Crippen MR) is 69.6 cm³/mol. The van der Waals surface area contributed by atoms with Crippen LogP contribution in [-0.2, 0) is 6.42 Å². The highest BCUT2D eigenvalue weighted by Crippen LogP contribution is 2.16. The highest BCUT2D eigenvalue weighted by molar-refractivity contribution is 7.13. The molecule has 0 aliphatic carbocycles. The molecule has 0 bridgehead atoms. The molecule has 2 N–H and O–H groups in total. The lowest BCUT2D eigenvalue weighted by Crippen LogP contribution is -2.03. The number of rotatable bonds is 2. The summed E-state index contributed by atoms with van der Waals surface area (Å²) in [6.45, 7) is 3.89. The van der Waals surface area contributed by atoms with Crippen molar-refractivity contribution >= 4 is 22.1 Å². The van der Waals surface area contributed by atoms with Gasteiger partial charge >= 0.3 is 0 Å². The van der Waals surface area contributed by atoms with E-state index >= 15 is 0 Å². The first-order valence-corrected chi connectivity index (χ1v) is 6.39. The van der Waals surface area contributed by atoms with Crippen LogP contribution in [-0.4, -0.2) is 24.6 Å². The van der Waals surface area contributed by atoms with E-state index in [1.54, 1.807) is 0 Å². The molecular weight excluding hydrogens is 248 g/mol. The molecule has 3 aromatic heterocycles. The Balaban J connectivity index is 2.07. The van der Waals surface area contributed by atoms with Crippen LogP contribution in [0, 0.1) is 13.8 Å². The van der Waals surface area contributed by atoms with E-state index in [0.717, 1.165) is 28.7 Å². The minimum atomic E-state index is 0.574. The van der Waals surface area contributed by atoms with Crippen molar-refractivity contribution < 1.29 is 0 Å². The Morgan fingerprint density at radius 3 is 2.83 bits per heavy atom. The van der Waals surface area contributed by atoms with Crippen molar-refractivity contribution in [3.05, 3.63) is 34.5 Å². The number of hydrogen-bond donors (Lipinski definition) is 1. The van der Waals surface area contributed by atoms with Crippen LogP contribution in [0.3, 0.4) is 0 Å². The van der Waals surface area contributed by atoms with E-state index in [2.05, 4.69) is 20.2 Å². The molecule has 18 heavy (non-hydrogen) atoms. The molecule has 0 aromatic carbocycles. The number of anilines is 1. The molecule has 3 aromatic rings. The minimum absolute atomic E-state index is 0.574. The maximum Gasteiger partial charge on any atom is 0.180 e. The zero-order valence-corrected chi connectivity index (χ0v) is 10.9. The van der Waals surface area contributed by atoms with Crippen LogP contribution in [0.15, 0.2) is 11.4 Å². The summed E-state index contributed by atoms with van der Waals surface area (Å²) in [5, 5.41) is 10.9. The van der Waals surface area contributed by atoms with Gasteiger partial charge in [0.1, 0.15) is 11.6 Å². The number of aryl methyl sites for hydroxylation is 2. The lowest BCUT2D eigenvalue weighted by Gasteiger charge is -2.02. The maximum atomic E-state index is 5.62. The van der Waals surface area contributed by atoms with Crippen molar-refractivity contribution in [3.63, 3.8) is 0 Å². The first-order chi connectivity index (χ1) is 8.63. The van der Waals surface area contributed by atoms with Crippen molar-refractivity contribution in [2.24, 2.45) is 0 Å². The van der Waals surface area contributed by atoms with Gasteiger partial charge in [0.2, 0.25) is 0 Å². The smallest absolute Gasteiger partial charge is 0.180 e. The molecule has 3 rings (SSSR count). The fraction of sp³-hybridized carbons (Fsp3) is 0.273.